The topological polar surface area (TPSA) is 113 Å². The van der Waals surface area contributed by atoms with Crippen molar-refractivity contribution in [3.8, 4) is 11.3 Å². The number of hydrogen-bond donors (Lipinski definition) is 2. The number of nitrogens with one attached hydrogen (secondary N) is 2. The normalized spacial score (nSPS) is 19.5. The summed E-state index contributed by atoms with van der Waals surface area (Å²) in [6.45, 7) is 4.28. The Balaban J connectivity index is 1.04. The highest BCUT2D eigenvalue weighted by Crippen LogP contribution is 2.38. The third kappa shape index (κ3) is 7.75. The molecule has 3 aliphatic rings. The van der Waals surface area contributed by atoms with Crippen LogP contribution in [0, 0.1) is 0 Å². The van der Waals surface area contributed by atoms with Crippen molar-refractivity contribution in [2.75, 3.05) is 31.6 Å². The lowest BCUT2D eigenvalue weighted by Gasteiger charge is -2.29. The van der Waals surface area contributed by atoms with Gasteiger partial charge >= 0.3 is 6.09 Å². The zero-order valence-electron chi connectivity index (χ0n) is 26.7. The number of amides is 3. The number of anilines is 1. The van der Waals surface area contributed by atoms with Gasteiger partial charge in [0.05, 0.1) is 24.9 Å². The van der Waals surface area contributed by atoms with Gasteiger partial charge in [0.1, 0.15) is 12.6 Å². The molecule has 3 amide bonds. The van der Waals surface area contributed by atoms with Crippen LogP contribution in [0.4, 0.5) is 9.93 Å². The Morgan fingerprint density at radius 1 is 0.875 bits per heavy atom. The van der Waals surface area contributed by atoms with E-state index in [9.17, 15) is 14.4 Å². The Morgan fingerprint density at radius 3 is 2.35 bits per heavy atom. The summed E-state index contributed by atoms with van der Waals surface area (Å²) in [4.78, 5) is 48.4. The van der Waals surface area contributed by atoms with Gasteiger partial charge in [0.2, 0.25) is 5.91 Å². The third-order valence-corrected chi connectivity index (χ3v) is 9.83. The van der Waals surface area contributed by atoms with E-state index in [1.807, 2.05) is 47.8 Å². The van der Waals surface area contributed by atoms with E-state index in [0.29, 0.717) is 35.3 Å². The molecule has 3 fully saturated rings. The SMILES string of the molecule is O=C(NC1CC1)c1ccc(-c2csc(NC(=O)[C@@H]3CC[C@H](c4ccc(CN5CCOCC5)cc4)N3C(=O)OCc3ccccc3)n2)cc1. The van der Waals surface area contributed by atoms with Crippen LogP contribution in [0.1, 0.15) is 58.8 Å². The molecule has 1 aliphatic carbocycles. The molecule has 3 aromatic carbocycles. The average Bonchev–Trinajstić information content (AvgIpc) is 3.62. The quantitative estimate of drug-likeness (QED) is 0.213. The Morgan fingerprint density at radius 2 is 1.62 bits per heavy atom. The number of carbonyl (C=O) groups excluding carboxylic acids is 3. The Kier molecular flexibility index (Phi) is 9.78. The van der Waals surface area contributed by atoms with E-state index in [-0.39, 0.29) is 24.5 Å². The van der Waals surface area contributed by atoms with Gasteiger partial charge in [0.25, 0.3) is 5.91 Å². The van der Waals surface area contributed by atoms with Crippen molar-refractivity contribution in [1.82, 2.24) is 20.1 Å². The summed E-state index contributed by atoms with van der Waals surface area (Å²) in [5.74, 6) is -0.368. The van der Waals surface area contributed by atoms with Gasteiger partial charge in [0, 0.05) is 42.2 Å². The second-order valence-corrected chi connectivity index (χ2v) is 13.4. The van der Waals surface area contributed by atoms with E-state index < -0.39 is 12.1 Å². The average molecular weight is 666 g/mol. The lowest BCUT2D eigenvalue weighted by Crippen LogP contribution is -2.44. The summed E-state index contributed by atoms with van der Waals surface area (Å²) < 4.78 is 11.3. The van der Waals surface area contributed by atoms with Crippen molar-refractivity contribution in [1.29, 1.82) is 0 Å². The van der Waals surface area contributed by atoms with Gasteiger partial charge in [-0.1, -0.05) is 66.7 Å². The highest BCUT2D eigenvalue weighted by atomic mass is 32.1. The van der Waals surface area contributed by atoms with E-state index in [1.165, 1.54) is 16.9 Å². The van der Waals surface area contributed by atoms with Crippen LogP contribution in [-0.4, -0.2) is 71.1 Å². The first-order chi connectivity index (χ1) is 23.5. The van der Waals surface area contributed by atoms with Crippen molar-refractivity contribution in [3.05, 3.63) is 106 Å². The number of likely N-dealkylation sites (tertiary alicyclic amines) is 1. The summed E-state index contributed by atoms with van der Waals surface area (Å²) in [7, 11) is 0. The molecule has 4 aromatic rings. The molecular formula is C37H39N5O5S. The highest BCUT2D eigenvalue weighted by Gasteiger charge is 2.43. The number of thiazole rings is 1. The first kappa shape index (κ1) is 32.0. The van der Waals surface area contributed by atoms with Crippen molar-refractivity contribution in [2.24, 2.45) is 0 Å². The summed E-state index contributed by atoms with van der Waals surface area (Å²) in [5.41, 5.74) is 5.20. The fourth-order valence-electron chi connectivity index (χ4n) is 6.25. The van der Waals surface area contributed by atoms with Crippen LogP contribution in [0.3, 0.4) is 0 Å². The maximum Gasteiger partial charge on any atom is 0.411 e. The highest BCUT2D eigenvalue weighted by molar-refractivity contribution is 7.14. The minimum atomic E-state index is -0.720. The molecule has 0 spiro atoms. The maximum absolute atomic E-state index is 13.8. The number of rotatable bonds is 10. The van der Waals surface area contributed by atoms with Gasteiger partial charge in [-0.3, -0.25) is 19.4 Å². The molecule has 11 heteroatoms. The number of carbonyl (C=O) groups is 3. The van der Waals surface area contributed by atoms with E-state index in [0.717, 1.165) is 62.4 Å². The van der Waals surface area contributed by atoms with Crippen molar-refractivity contribution >= 4 is 34.4 Å². The van der Waals surface area contributed by atoms with Crippen molar-refractivity contribution in [3.63, 3.8) is 0 Å². The minimum absolute atomic E-state index is 0.0686. The second kappa shape index (κ2) is 14.7. The molecule has 48 heavy (non-hydrogen) atoms. The van der Waals surface area contributed by atoms with Crippen LogP contribution in [-0.2, 0) is 27.4 Å². The molecule has 0 radical (unpaired) electrons. The summed E-state index contributed by atoms with van der Waals surface area (Å²) in [6, 6.07) is 24.4. The van der Waals surface area contributed by atoms with Gasteiger partial charge in [0.15, 0.2) is 5.13 Å². The second-order valence-electron chi connectivity index (χ2n) is 12.5. The lowest BCUT2D eigenvalue weighted by atomic mass is 10.0. The molecule has 2 atom stereocenters. The largest absolute Gasteiger partial charge is 0.445 e. The number of nitrogens with zero attached hydrogens (tertiary/aromatic N) is 3. The molecule has 3 heterocycles. The summed E-state index contributed by atoms with van der Waals surface area (Å²) >= 11 is 1.32. The molecule has 0 bridgehead atoms. The molecule has 7 rings (SSSR count). The molecule has 1 saturated carbocycles. The van der Waals surface area contributed by atoms with Crippen molar-refractivity contribution < 1.29 is 23.9 Å². The number of aromatic nitrogens is 1. The first-order valence-corrected chi connectivity index (χ1v) is 17.4. The smallest absolute Gasteiger partial charge is 0.411 e. The molecule has 10 nitrogen and oxygen atoms in total. The molecule has 248 valence electrons. The molecule has 2 aliphatic heterocycles. The van der Waals surface area contributed by atoms with Gasteiger partial charge in [-0.05, 0) is 54.5 Å². The van der Waals surface area contributed by atoms with E-state index >= 15 is 0 Å². The van der Waals surface area contributed by atoms with Gasteiger partial charge < -0.3 is 20.1 Å². The van der Waals surface area contributed by atoms with Crippen molar-refractivity contribution in [2.45, 2.75) is 57.0 Å². The Labute approximate surface area is 284 Å². The maximum atomic E-state index is 13.8. The van der Waals surface area contributed by atoms with Gasteiger partial charge in [-0.2, -0.15) is 0 Å². The fourth-order valence-corrected chi connectivity index (χ4v) is 6.97. The molecule has 0 unspecified atom stereocenters. The minimum Gasteiger partial charge on any atom is -0.445 e. The number of benzene rings is 3. The summed E-state index contributed by atoms with van der Waals surface area (Å²) in [5, 5.41) is 8.27. The van der Waals surface area contributed by atoms with Crippen LogP contribution in [0.2, 0.25) is 0 Å². The van der Waals surface area contributed by atoms with Crippen LogP contribution < -0.4 is 10.6 Å². The monoisotopic (exact) mass is 665 g/mol. The number of morpholine rings is 1. The van der Waals surface area contributed by atoms with E-state index in [1.54, 1.807) is 17.0 Å². The zero-order valence-corrected chi connectivity index (χ0v) is 27.5. The van der Waals surface area contributed by atoms with Crippen LogP contribution in [0.25, 0.3) is 11.3 Å². The third-order valence-electron chi connectivity index (χ3n) is 9.07. The molecule has 2 saturated heterocycles. The zero-order chi connectivity index (χ0) is 32.9. The van der Waals surface area contributed by atoms with Gasteiger partial charge in [-0.25, -0.2) is 9.78 Å². The molecule has 2 N–H and O–H groups in total. The standard InChI is InChI=1S/C37H39N5O5S/c43-34(38-30-14-15-30)29-12-10-27(11-13-29)31-24-48-36(39-31)40-35(44)33-17-16-32(42(33)37(45)47-23-26-4-2-1-3-5-26)28-8-6-25(7-9-28)22-41-18-20-46-21-19-41/h1-13,24,30,32-33H,14-23H2,(H,38,43)(H,39,40,44)/t32-,33+/m1/s1. The number of ether oxygens (including phenoxy) is 2. The van der Waals surface area contributed by atoms with Crippen LogP contribution in [0.5, 0.6) is 0 Å². The first-order valence-electron chi connectivity index (χ1n) is 16.6. The van der Waals surface area contributed by atoms with E-state index in [2.05, 4.69) is 44.8 Å². The van der Waals surface area contributed by atoms with Crippen LogP contribution >= 0.6 is 11.3 Å². The Bertz CT molecular complexity index is 1720. The molecule has 1 aromatic heterocycles. The fraction of sp³-hybridized carbons (Fsp3) is 0.351. The van der Waals surface area contributed by atoms with E-state index in [4.69, 9.17) is 9.47 Å². The molecular weight excluding hydrogens is 627 g/mol. The summed E-state index contributed by atoms with van der Waals surface area (Å²) in [6.07, 6.45) is 2.67. The predicted octanol–water partition coefficient (Wildman–Crippen LogP) is 6.02. The van der Waals surface area contributed by atoms with Gasteiger partial charge in [-0.15, -0.1) is 11.3 Å². The predicted molar refractivity (Wildman–Crippen MR) is 183 cm³/mol. The number of hydrogen-bond acceptors (Lipinski definition) is 8. The Hall–Kier alpha value is -4.58. The lowest BCUT2D eigenvalue weighted by molar-refractivity contribution is -0.120. The van der Waals surface area contributed by atoms with Crippen LogP contribution in [0.15, 0.2) is 84.2 Å².